The van der Waals surface area contributed by atoms with Crippen LogP contribution in [0, 0.1) is 5.82 Å². The number of carbonyl (C=O) groups excluding carboxylic acids is 1. The summed E-state index contributed by atoms with van der Waals surface area (Å²) in [5.74, 6) is 2.03. The maximum atomic E-state index is 15.2. The molecule has 212 valence electrons. The van der Waals surface area contributed by atoms with Gasteiger partial charge in [-0.2, -0.15) is 5.10 Å². The van der Waals surface area contributed by atoms with Crippen molar-refractivity contribution in [3.05, 3.63) is 54.7 Å². The predicted molar refractivity (Wildman–Crippen MR) is 153 cm³/mol. The first-order valence-electron chi connectivity index (χ1n) is 13.7. The summed E-state index contributed by atoms with van der Waals surface area (Å²) in [5, 5.41) is 18.8. The summed E-state index contributed by atoms with van der Waals surface area (Å²) < 4.78 is 26.7. The summed E-state index contributed by atoms with van der Waals surface area (Å²) in [4.78, 5) is 21.6. The number of halogens is 1. The average molecular weight is 559 g/mol. The monoisotopic (exact) mass is 558 g/mol. The number of anilines is 4. The Morgan fingerprint density at radius 1 is 0.976 bits per heavy atom. The van der Waals surface area contributed by atoms with Crippen molar-refractivity contribution in [3.63, 3.8) is 0 Å². The third-order valence-electron chi connectivity index (χ3n) is 7.51. The topological polar surface area (TPSA) is 126 Å². The van der Waals surface area contributed by atoms with Crippen LogP contribution >= 0.6 is 0 Å². The summed E-state index contributed by atoms with van der Waals surface area (Å²) in [5.41, 5.74) is 1.67. The highest BCUT2D eigenvalue weighted by Crippen LogP contribution is 2.35. The van der Waals surface area contributed by atoms with Crippen LogP contribution in [0.2, 0.25) is 0 Å². The van der Waals surface area contributed by atoms with Gasteiger partial charge in [-0.15, -0.1) is 5.10 Å². The Hall–Kier alpha value is -4.74. The van der Waals surface area contributed by atoms with Gasteiger partial charge in [-0.3, -0.25) is 4.79 Å². The minimum atomic E-state index is -0.502. The third-order valence-corrected chi connectivity index (χ3v) is 7.51. The van der Waals surface area contributed by atoms with Gasteiger partial charge in [0, 0.05) is 48.8 Å². The molecule has 4 aromatic rings. The molecule has 1 saturated heterocycles. The minimum absolute atomic E-state index is 0.184. The number of ether oxygens (including phenoxy) is 2. The number of piperidine rings is 1. The molecule has 1 aliphatic carbocycles. The molecule has 6 rings (SSSR count). The van der Waals surface area contributed by atoms with Gasteiger partial charge in [-0.1, -0.05) is 0 Å². The molecule has 0 unspecified atom stereocenters. The van der Waals surface area contributed by atoms with Crippen LogP contribution in [0.1, 0.15) is 32.1 Å². The zero-order valence-electron chi connectivity index (χ0n) is 22.6. The molecule has 1 amide bonds. The molecule has 12 heteroatoms. The van der Waals surface area contributed by atoms with Crippen molar-refractivity contribution in [3.8, 4) is 17.2 Å². The van der Waals surface area contributed by atoms with Gasteiger partial charge in [-0.05, 0) is 50.3 Å². The zero-order valence-corrected chi connectivity index (χ0v) is 22.6. The van der Waals surface area contributed by atoms with Crippen molar-refractivity contribution in [2.24, 2.45) is 0 Å². The van der Waals surface area contributed by atoms with Crippen molar-refractivity contribution in [2.75, 3.05) is 36.1 Å². The number of amides is 1. The molecule has 3 heterocycles. The van der Waals surface area contributed by atoms with E-state index in [1.807, 2.05) is 12.1 Å². The molecule has 11 nitrogen and oxygen atoms in total. The SMILES string of the molecule is COc1cc2ncnc(Nc3ccc(Oc4cnnc(NC5CCC5)c4)cc3F)c2cc1NC1CCN(C=O)CC1. The highest BCUT2D eigenvalue weighted by Gasteiger charge is 2.21. The van der Waals surface area contributed by atoms with E-state index in [0.717, 1.165) is 37.8 Å². The fraction of sp³-hybridized carbons (Fsp3) is 0.345. The Balaban J connectivity index is 1.19. The van der Waals surface area contributed by atoms with Crippen LogP contribution in [0.4, 0.5) is 27.4 Å². The lowest BCUT2D eigenvalue weighted by Crippen LogP contribution is -2.38. The number of fused-ring (bicyclic) bond motifs is 1. The van der Waals surface area contributed by atoms with Gasteiger partial charge in [0.25, 0.3) is 0 Å². The minimum Gasteiger partial charge on any atom is -0.495 e. The lowest BCUT2D eigenvalue weighted by molar-refractivity contribution is -0.118. The summed E-state index contributed by atoms with van der Waals surface area (Å²) in [6.45, 7) is 1.39. The zero-order chi connectivity index (χ0) is 28.2. The molecular formula is C29H31FN8O3. The maximum Gasteiger partial charge on any atom is 0.209 e. The number of hydrogen-bond donors (Lipinski definition) is 3. The van der Waals surface area contributed by atoms with E-state index in [4.69, 9.17) is 9.47 Å². The van der Waals surface area contributed by atoms with Crippen LogP contribution in [-0.2, 0) is 4.79 Å². The second-order valence-corrected chi connectivity index (χ2v) is 10.3. The number of benzene rings is 2. The van der Waals surface area contributed by atoms with E-state index >= 15 is 4.39 Å². The summed E-state index contributed by atoms with van der Waals surface area (Å²) in [7, 11) is 1.61. The summed E-state index contributed by atoms with van der Waals surface area (Å²) >= 11 is 0. The normalized spacial score (nSPS) is 15.7. The molecule has 0 atom stereocenters. The van der Waals surface area contributed by atoms with Gasteiger partial charge in [-0.25, -0.2) is 14.4 Å². The van der Waals surface area contributed by atoms with Crippen molar-refractivity contribution in [1.29, 1.82) is 0 Å². The summed E-state index contributed by atoms with van der Waals surface area (Å²) in [6, 6.07) is 10.7. The molecule has 1 saturated carbocycles. The van der Waals surface area contributed by atoms with E-state index < -0.39 is 5.82 Å². The Morgan fingerprint density at radius 3 is 2.54 bits per heavy atom. The number of rotatable bonds is 10. The van der Waals surface area contributed by atoms with Crippen LogP contribution in [-0.4, -0.2) is 63.8 Å². The number of carbonyl (C=O) groups is 1. The number of methoxy groups -OCH3 is 1. The van der Waals surface area contributed by atoms with Crippen molar-refractivity contribution in [2.45, 2.75) is 44.2 Å². The molecule has 2 aromatic carbocycles. The predicted octanol–water partition coefficient (Wildman–Crippen LogP) is 5.10. The number of likely N-dealkylation sites (tertiary alicyclic amines) is 1. The van der Waals surface area contributed by atoms with Crippen molar-refractivity contribution < 1.29 is 18.7 Å². The molecule has 41 heavy (non-hydrogen) atoms. The van der Waals surface area contributed by atoms with E-state index in [9.17, 15) is 4.79 Å². The maximum absolute atomic E-state index is 15.2. The van der Waals surface area contributed by atoms with Gasteiger partial charge in [0.05, 0.1) is 30.2 Å². The fourth-order valence-corrected chi connectivity index (χ4v) is 5.00. The van der Waals surface area contributed by atoms with Crippen molar-refractivity contribution >= 4 is 40.3 Å². The van der Waals surface area contributed by atoms with Gasteiger partial charge in [0.2, 0.25) is 6.41 Å². The largest absolute Gasteiger partial charge is 0.495 e. The second kappa shape index (κ2) is 11.8. The van der Waals surface area contributed by atoms with E-state index in [1.54, 1.807) is 30.2 Å². The molecular weight excluding hydrogens is 527 g/mol. The quantitative estimate of drug-likeness (QED) is 0.226. The number of nitrogens with one attached hydrogen (secondary N) is 3. The fourth-order valence-electron chi connectivity index (χ4n) is 5.00. The standard InChI is InChI=1S/C29H31FN8O3/c1-40-27-14-25-22(13-26(27)34-19-7-9-38(17-39)10-8-19)29(32-16-31-25)36-24-6-5-20(11-23(24)30)41-21-12-28(37-33-15-21)35-18-3-2-4-18/h5-6,11-19,34H,2-4,7-10H2,1H3,(H,35,37)(H,31,32,36). The molecule has 1 aliphatic heterocycles. The molecule has 2 fully saturated rings. The van der Waals surface area contributed by atoms with E-state index in [-0.39, 0.29) is 11.7 Å². The van der Waals surface area contributed by atoms with Gasteiger partial charge in [0.1, 0.15) is 29.5 Å². The lowest BCUT2D eigenvalue weighted by atomic mass is 9.93. The van der Waals surface area contributed by atoms with Gasteiger partial charge < -0.3 is 30.3 Å². The average Bonchev–Trinajstić information content (AvgIpc) is 2.97. The van der Waals surface area contributed by atoms with Crippen LogP contribution in [0.3, 0.4) is 0 Å². The first-order valence-corrected chi connectivity index (χ1v) is 13.7. The van der Waals surface area contributed by atoms with Crippen LogP contribution in [0.25, 0.3) is 10.9 Å². The van der Waals surface area contributed by atoms with Crippen molar-refractivity contribution in [1.82, 2.24) is 25.1 Å². The van der Waals surface area contributed by atoms with E-state index in [2.05, 4.69) is 36.1 Å². The van der Waals surface area contributed by atoms with E-state index in [1.165, 1.54) is 25.0 Å². The van der Waals surface area contributed by atoms with Crippen LogP contribution in [0.5, 0.6) is 17.2 Å². The van der Waals surface area contributed by atoms with Gasteiger partial charge in [0.15, 0.2) is 11.6 Å². The smallest absolute Gasteiger partial charge is 0.209 e. The number of aromatic nitrogens is 4. The molecule has 0 bridgehead atoms. The Morgan fingerprint density at radius 2 is 1.80 bits per heavy atom. The Bertz CT molecular complexity index is 1540. The third kappa shape index (κ3) is 6.06. The van der Waals surface area contributed by atoms with E-state index in [0.29, 0.717) is 58.9 Å². The molecule has 3 N–H and O–H groups in total. The molecule has 2 aromatic heterocycles. The van der Waals surface area contributed by atoms with Gasteiger partial charge >= 0.3 is 0 Å². The number of nitrogens with zero attached hydrogens (tertiary/aromatic N) is 5. The highest BCUT2D eigenvalue weighted by atomic mass is 19.1. The molecule has 0 spiro atoms. The molecule has 0 radical (unpaired) electrons. The summed E-state index contributed by atoms with van der Waals surface area (Å²) in [6.07, 6.45) is 8.89. The first kappa shape index (κ1) is 26.5. The Kier molecular flexibility index (Phi) is 7.61. The lowest BCUT2D eigenvalue weighted by Gasteiger charge is -2.30. The molecule has 2 aliphatic rings. The Labute approximate surface area is 236 Å². The number of hydrogen-bond acceptors (Lipinski definition) is 10. The van der Waals surface area contributed by atoms with Crippen LogP contribution < -0.4 is 25.4 Å². The highest BCUT2D eigenvalue weighted by molar-refractivity contribution is 5.95. The second-order valence-electron chi connectivity index (χ2n) is 10.3. The van der Waals surface area contributed by atoms with Crippen LogP contribution in [0.15, 0.2) is 48.9 Å². The first-order chi connectivity index (χ1) is 20.1.